The monoisotopic (exact) mass is 618 g/mol. The number of hydrogen-bond donors (Lipinski definition) is 0. The summed E-state index contributed by atoms with van der Waals surface area (Å²) in [6.45, 7) is 11.3. The van der Waals surface area contributed by atoms with Crippen LogP contribution in [0.25, 0.3) is 71.7 Å². The van der Waals surface area contributed by atoms with Crippen molar-refractivity contribution in [1.82, 2.24) is 9.13 Å². The van der Waals surface area contributed by atoms with Crippen LogP contribution in [0.15, 0.2) is 164 Å². The van der Waals surface area contributed by atoms with E-state index in [9.17, 15) is 0 Å². The summed E-state index contributed by atoms with van der Waals surface area (Å²) in [5, 5.41) is 5.08. The van der Waals surface area contributed by atoms with Gasteiger partial charge in [-0.2, -0.15) is 0 Å². The van der Waals surface area contributed by atoms with Crippen LogP contribution in [0.2, 0.25) is 0 Å². The molecular formula is C46H38N2. The SMILES string of the molecule is C=C(/C=C\C(=C/C)n1c2ccccc2c2ccccc21)c1cccc(-c2ccc(-n3c4ccccc4c4ccccc43)cc2)c1C(C)C. The molecule has 0 radical (unpaired) electrons. The van der Waals surface area contributed by atoms with Gasteiger partial charge >= 0.3 is 0 Å². The Morgan fingerprint density at radius 3 is 1.58 bits per heavy atom. The number of para-hydroxylation sites is 4. The van der Waals surface area contributed by atoms with Gasteiger partial charge in [-0.25, -0.2) is 0 Å². The van der Waals surface area contributed by atoms with E-state index in [1.54, 1.807) is 0 Å². The quantitative estimate of drug-likeness (QED) is 0.157. The number of aromatic nitrogens is 2. The summed E-state index contributed by atoms with van der Waals surface area (Å²) in [5.41, 5.74) is 13.1. The smallest absolute Gasteiger partial charge is 0.0541 e. The van der Waals surface area contributed by atoms with Gasteiger partial charge < -0.3 is 9.13 Å². The van der Waals surface area contributed by atoms with Crippen LogP contribution in [0.4, 0.5) is 0 Å². The molecule has 0 aliphatic carbocycles. The average molecular weight is 619 g/mol. The number of nitrogens with zero attached hydrogens (tertiary/aromatic N) is 2. The highest BCUT2D eigenvalue weighted by Gasteiger charge is 2.17. The fourth-order valence-electron chi connectivity index (χ4n) is 7.49. The van der Waals surface area contributed by atoms with Crippen molar-refractivity contribution >= 4 is 54.9 Å². The minimum absolute atomic E-state index is 0.317. The third-order valence-corrected chi connectivity index (χ3v) is 9.64. The summed E-state index contributed by atoms with van der Waals surface area (Å²) in [5.74, 6) is 0.317. The van der Waals surface area contributed by atoms with Crippen molar-refractivity contribution in [3.05, 3.63) is 175 Å². The van der Waals surface area contributed by atoms with Gasteiger partial charge in [-0.3, -0.25) is 0 Å². The largest absolute Gasteiger partial charge is 0.310 e. The molecule has 0 aliphatic heterocycles. The highest BCUT2D eigenvalue weighted by molar-refractivity contribution is 6.11. The van der Waals surface area contributed by atoms with Crippen molar-refractivity contribution in [3.8, 4) is 16.8 Å². The van der Waals surface area contributed by atoms with Gasteiger partial charge in [-0.1, -0.05) is 136 Å². The van der Waals surface area contributed by atoms with Gasteiger partial charge in [0.25, 0.3) is 0 Å². The fraction of sp³-hybridized carbons (Fsp3) is 0.0870. The lowest BCUT2D eigenvalue weighted by Gasteiger charge is -2.19. The van der Waals surface area contributed by atoms with Crippen LogP contribution in [0, 0.1) is 0 Å². The van der Waals surface area contributed by atoms with E-state index in [1.807, 2.05) is 0 Å². The maximum Gasteiger partial charge on any atom is 0.0541 e. The zero-order valence-corrected chi connectivity index (χ0v) is 27.7. The van der Waals surface area contributed by atoms with Crippen LogP contribution >= 0.6 is 0 Å². The molecule has 0 unspecified atom stereocenters. The molecule has 232 valence electrons. The number of benzene rings is 6. The first-order chi connectivity index (χ1) is 23.5. The van der Waals surface area contributed by atoms with E-state index in [0.29, 0.717) is 5.92 Å². The van der Waals surface area contributed by atoms with Gasteiger partial charge in [0.15, 0.2) is 0 Å². The Bertz CT molecular complexity index is 2440. The van der Waals surface area contributed by atoms with Gasteiger partial charge in [0.1, 0.15) is 0 Å². The van der Waals surface area contributed by atoms with Crippen molar-refractivity contribution in [2.45, 2.75) is 26.7 Å². The van der Waals surface area contributed by atoms with E-state index in [2.05, 4.69) is 194 Å². The summed E-state index contributed by atoms with van der Waals surface area (Å²) in [7, 11) is 0. The fourth-order valence-corrected chi connectivity index (χ4v) is 7.49. The van der Waals surface area contributed by atoms with Crippen LogP contribution in [0.3, 0.4) is 0 Å². The zero-order chi connectivity index (χ0) is 32.8. The summed E-state index contributed by atoms with van der Waals surface area (Å²) >= 11 is 0. The molecule has 0 atom stereocenters. The van der Waals surface area contributed by atoms with Crippen LogP contribution in [0.5, 0.6) is 0 Å². The average Bonchev–Trinajstić information content (AvgIpc) is 3.65. The van der Waals surface area contributed by atoms with Crippen molar-refractivity contribution < 1.29 is 0 Å². The molecule has 0 amide bonds. The van der Waals surface area contributed by atoms with Crippen LogP contribution < -0.4 is 0 Å². The Morgan fingerprint density at radius 2 is 1.06 bits per heavy atom. The van der Waals surface area contributed by atoms with Crippen molar-refractivity contribution in [2.24, 2.45) is 0 Å². The second kappa shape index (κ2) is 12.1. The highest BCUT2D eigenvalue weighted by atomic mass is 15.0. The van der Waals surface area contributed by atoms with Crippen molar-refractivity contribution in [2.75, 3.05) is 0 Å². The highest BCUT2D eigenvalue weighted by Crippen LogP contribution is 2.38. The third-order valence-electron chi connectivity index (χ3n) is 9.64. The molecule has 2 nitrogen and oxygen atoms in total. The second-order valence-corrected chi connectivity index (χ2v) is 12.8. The molecule has 0 saturated heterocycles. The van der Waals surface area contributed by atoms with Gasteiger partial charge in [-0.15, -0.1) is 0 Å². The molecular weight excluding hydrogens is 581 g/mol. The number of rotatable bonds is 7. The molecule has 0 fully saturated rings. The third kappa shape index (κ3) is 4.80. The topological polar surface area (TPSA) is 9.86 Å². The summed E-state index contributed by atoms with van der Waals surface area (Å²) in [6.07, 6.45) is 6.56. The Morgan fingerprint density at radius 1 is 0.562 bits per heavy atom. The lowest BCUT2D eigenvalue weighted by atomic mass is 9.86. The minimum atomic E-state index is 0.317. The number of fused-ring (bicyclic) bond motifs is 6. The molecule has 48 heavy (non-hydrogen) atoms. The Kier molecular flexibility index (Phi) is 7.42. The molecule has 8 rings (SSSR count). The molecule has 0 N–H and O–H groups in total. The Balaban J connectivity index is 1.16. The van der Waals surface area contributed by atoms with Crippen molar-refractivity contribution in [3.63, 3.8) is 0 Å². The standard InChI is InChI=1S/C46H38N2/c1-5-34(47-42-21-10-6-15-38(42)39-16-7-11-22-43(39)47)28-25-32(4)36-19-14-20-37(46(36)31(2)3)33-26-29-35(30-27-33)48-44-23-12-8-17-40(44)41-18-9-13-24-45(41)48/h5-31H,4H2,1-3H3/b28-25-,34-5+. The van der Waals surface area contributed by atoms with E-state index in [1.165, 1.54) is 65.9 Å². The first-order valence-electron chi connectivity index (χ1n) is 16.8. The van der Waals surface area contributed by atoms with Gasteiger partial charge in [-0.05, 0) is 83.1 Å². The van der Waals surface area contributed by atoms with Crippen LogP contribution in [-0.4, -0.2) is 9.13 Å². The molecule has 0 aliphatic rings. The van der Waals surface area contributed by atoms with Crippen molar-refractivity contribution in [1.29, 1.82) is 0 Å². The first-order valence-corrected chi connectivity index (χ1v) is 16.8. The molecule has 6 aromatic carbocycles. The zero-order valence-electron chi connectivity index (χ0n) is 27.7. The van der Waals surface area contributed by atoms with Gasteiger partial charge in [0, 0.05) is 32.9 Å². The second-order valence-electron chi connectivity index (χ2n) is 12.8. The lowest BCUT2D eigenvalue weighted by molar-refractivity contribution is 0.865. The molecule has 2 heteroatoms. The molecule has 8 aromatic rings. The maximum atomic E-state index is 4.59. The van der Waals surface area contributed by atoms with E-state index in [0.717, 1.165) is 17.0 Å². The Hall–Kier alpha value is -5.86. The van der Waals surface area contributed by atoms with E-state index in [-0.39, 0.29) is 0 Å². The van der Waals surface area contributed by atoms with Gasteiger partial charge in [0.05, 0.1) is 22.1 Å². The normalized spacial score (nSPS) is 12.4. The number of allylic oxidation sites excluding steroid dienone is 5. The molecule has 0 saturated carbocycles. The van der Waals surface area contributed by atoms with Crippen LogP contribution in [0.1, 0.15) is 37.8 Å². The predicted octanol–water partition coefficient (Wildman–Crippen LogP) is 12.8. The van der Waals surface area contributed by atoms with E-state index in [4.69, 9.17) is 0 Å². The number of hydrogen-bond acceptors (Lipinski definition) is 0. The summed E-state index contributed by atoms with van der Waals surface area (Å²) in [6, 6.07) is 50.3. The van der Waals surface area contributed by atoms with Crippen LogP contribution in [-0.2, 0) is 0 Å². The summed E-state index contributed by atoms with van der Waals surface area (Å²) in [4.78, 5) is 0. The molecule has 0 spiro atoms. The predicted molar refractivity (Wildman–Crippen MR) is 208 cm³/mol. The molecule has 2 heterocycles. The van der Waals surface area contributed by atoms with E-state index >= 15 is 0 Å². The molecule has 0 bridgehead atoms. The summed E-state index contributed by atoms with van der Waals surface area (Å²) < 4.78 is 4.73. The Labute approximate surface area is 282 Å². The van der Waals surface area contributed by atoms with Gasteiger partial charge in [0.2, 0.25) is 0 Å². The molecule has 2 aromatic heterocycles. The first kappa shape index (κ1) is 29.5. The maximum absolute atomic E-state index is 4.59. The minimum Gasteiger partial charge on any atom is -0.310 e. The van der Waals surface area contributed by atoms with E-state index < -0.39 is 0 Å². The lowest BCUT2D eigenvalue weighted by Crippen LogP contribution is -1.99.